The maximum absolute atomic E-state index is 12.3. The Bertz CT molecular complexity index is 864. The zero-order chi connectivity index (χ0) is 19.4. The molecule has 2 aromatic rings. The summed E-state index contributed by atoms with van der Waals surface area (Å²) in [4.78, 5) is 18.2. The number of benzene rings is 2. The van der Waals surface area contributed by atoms with E-state index in [-0.39, 0.29) is 5.91 Å². The van der Waals surface area contributed by atoms with E-state index >= 15 is 0 Å². The summed E-state index contributed by atoms with van der Waals surface area (Å²) < 4.78 is 0. The Morgan fingerprint density at radius 2 is 1.59 bits per heavy atom. The highest BCUT2D eigenvalue weighted by Gasteiger charge is 2.16. The topological polar surface area (TPSA) is 23.6 Å². The van der Waals surface area contributed by atoms with E-state index in [1.165, 1.54) is 11.8 Å². The maximum Gasteiger partial charge on any atom is 0.246 e. The average molecular weight is 442 g/mol. The third-order valence-electron chi connectivity index (χ3n) is 4.30. The quantitative estimate of drug-likeness (QED) is 0.578. The zero-order valence-corrected chi connectivity index (χ0v) is 17.9. The molecule has 1 amide bonds. The van der Waals surface area contributed by atoms with Crippen LogP contribution < -0.4 is 0 Å². The molecule has 0 spiro atoms. The predicted molar refractivity (Wildman–Crippen MR) is 115 cm³/mol. The molecule has 0 unspecified atom stereocenters. The van der Waals surface area contributed by atoms with Gasteiger partial charge in [0.2, 0.25) is 5.91 Å². The summed E-state index contributed by atoms with van der Waals surface area (Å²) in [7, 11) is 2.07. The largest absolute Gasteiger partial charge is 0.337 e. The van der Waals surface area contributed by atoms with Gasteiger partial charge in [-0.25, -0.2) is 0 Å². The molecule has 0 aliphatic carbocycles. The van der Waals surface area contributed by atoms with Crippen LogP contribution in [0.5, 0.6) is 0 Å². The average Bonchev–Trinajstić information content (AvgIpc) is 2.64. The number of halogens is 3. The van der Waals surface area contributed by atoms with Crippen LogP contribution in [-0.2, 0) is 4.79 Å². The van der Waals surface area contributed by atoms with Gasteiger partial charge in [0.05, 0.1) is 10.0 Å². The molecule has 1 saturated heterocycles. The number of likely N-dealkylation sites (N-methyl/N-ethyl adjacent to an activating group) is 1. The van der Waals surface area contributed by atoms with E-state index in [9.17, 15) is 4.79 Å². The van der Waals surface area contributed by atoms with E-state index in [0.29, 0.717) is 15.1 Å². The molecule has 3 rings (SSSR count). The zero-order valence-electron chi connectivity index (χ0n) is 14.8. The number of hydrogen-bond donors (Lipinski definition) is 0. The minimum atomic E-state index is 0.0330. The van der Waals surface area contributed by atoms with E-state index in [2.05, 4.69) is 11.9 Å². The summed E-state index contributed by atoms with van der Waals surface area (Å²) in [5.74, 6) is 0.0330. The normalized spacial score (nSPS) is 15.5. The van der Waals surface area contributed by atoms with Crippen molar-refractivity contribution >= 4 is 58.5 Å². The van der Waals surface area contributed by atoms with Gasteiger partial charge in [-0.3, -0.25) is 4.79 Å². The van der Waals surface area contributed by atoms with Crippen LogP contribution in [0.25, 0.3) is 6.08 Å². The second kappa shape index (κ2) is 9.35. The predicted octanol–water partition coefficient (Wildman–Crippen LogP) is 5.59. The Hall–Kier alpha value is -1.17. The number of rotatable bonds is 4. The van der Waals surface area contributed by atoms with Crippen LogP contribution in [-0.4, -0.2) is 48.9 Å². The van der Waals surface area contributed by atoms with Crippen LogP contribution in [0, 0.1) is 0 Å². The molecular formula is C20H19Cl3N2OS. The first kappa shape index (κ1) is 20.6. The lowest BCUT2D eigenvalue weighted by Crippen LogP contribution is -2.46. The first-order valence-electron chi connectivity index (χ1n) is 8.50. The number of hydrogen-bond acceptors (Lipinski definition) is 3. The van der Waals surface area contributed by atoms with Crippen molar-refractivity contribution in [2.24, 2.45) is 0 Å². The van der Waals surface area contributed by atoms with Crippen molar-refractivity contribution in [1.29, 1.82) is 0 Å². The molecule has 7 heteroatoms. The summed E-state index contributed by atoms with van der Waals surface area (Å²) in [6.45, 7) is 3.34. The molecular weight excluding hydrogens is 423 g/mol. The highest BCUT2D eigenvalue weighted by molar-refractivity contribution is 7.99. The van der Waals surface area contributed by atoms with Crippen LogP contribution in [0.1, 0.15) is 5.56 Å². The standard InChI is InChI=1S/C20H19Cl3N2OS/c1-24-8-10-25(11-9-24)20(26)7-3-14-2-5-18(16(22)12-14)27-19-6-4-15(21)13-17(19)23/h2-7,12-13H,8-11H2,1H3/b7-3+. The number of carbonyl (C=O) groups is 1. The van der Waals surface area contributed by atoms with E-state index in [1.54, 1.807) is 24.3 Å². The minimum absolute atomic E-state index is 0.0330. The van der Waals surface area contributed by atoms with Gasteiger partial charge in [-0.1, -0.05) is 52.6 Å². The molecule has 142 valence electrons. The molecule has 0 N–H and O–H groups in total. The minimum Gasteiger partial charge on any atom is -0.337 e. The Labute approximate surface area is 178 Å². The Kier molecular flexibility index (Phi) is 7.12. The van der Waals surface area contributed by atoms with E-state index in [4.69, 9.17) is 34.8 Å². The molecule has 1 heterocycles. The van der Waals surface area contributed by atoms with Crippen LogP contribution in [0.15, 0.2) is 52.3 Å². The lowest BCUT2D eigenvalue weighted by Gasteiger charge is -2.31. The van der Waals surface area contributed by atoms with Gasteiger partial charge in [0.15, 0.2) is 0 Å². The first-order chi connectivity index (χ1) is 12.9. The van der Waals surface area contributed by atoms with Gasteiger partial charge in [-0.2, -0.15) is 0 Å². The summed E-state index contributed by atoms with van der Waals surface area (Å²) >= 11 is 20.1. The van der Waals surface area contributed by atoms with Gasteiger partial charge < -0.3 is 9.80 Å². The van der Waals surface area contributed by atoms with Crippen molar-refractivity contribution in [3.63, 3.8) is 0 Å². The lowest BCUT2D eigenvalue weighted by molar-refractivity contribution is -0.127. The third-order valence-corrected chi connectivity index (χ3v) is 6.54. The number of nitrogens with zero attached hydrogens (tertiary/aromatic N) is 2. The van der Waals surface area contributed by atoms with Crippen LogP contribution in [0.4, 0.5) is 0 Å². The van der Waals surface area contributed by atoms with Gasteiger partial charge in [0, 0.05) is 47.1 Å². The van der Waals surface area contributed by atoms with Crippen molar-refractivity contribution in [3.05, 3.63) is 63.1 Å². The van der Waals surface area contributed by atoms with Crippen LogP contribution in [0.2, 0.25) is 15.1 Å². The Morgan fingerprint density at radius 1 is 0.963 bits per heavy atom. The second-order valence-electron chi connectivity index (χ2n) is 6.33. The molecule has 1 aliphatic rings. The molecule has 3 nitrogen and oxygen atoms in total. The Balaban J connectivity index is 1.66. The Morgan fingerprint density at radius 3 is 2.22 bits per heavy atom. The number of carbonyl (C=O) groups excluding carboxylic acids is 1. The van der Waals surface area contributed by atoms with Gasteiger partial charge >= 0.3 is 0 Å². The van der Waals surface area contributed by atoms with Crippen molar-refractivity contribution in [3.8, 4) is 0 Å². The molecule has 27 heavy (non-hydrogen) atoms. The fourth-order valence-corrected chi connectivity index (χ4v) is 4.33. The summed E-state index contributed by atoms with van der Waals surface area (Å²) in [6.07, 6.45) is 3.41. The molecule has 0 bridgehead atoms. The maximum atomic E-state index is 12.3. The third kappa shape index (κ3) is 5.66. The van der Waals surface area contributed by atoms with Crippen LogP contribution in [0.3, 0.4) is 0 Å². The monoisotopic (exact) mass is 440 g/mol. The van der Waals surface area contributed by atoms with E-state index < -0.39 is 0 Å². The van der Waals surface area contributed by atoms with E-state index in [0.717, 1.165) is 41.5 Å². The molecule has 2 aromatic carbocycles. The fourth-order valence-electron chi connectivity index (χ4n) is 2.68. The molecule has 1 fully saturated rings. The number of amides is 1. The number of piperazine rings is 1. The summed E-state index contributed by atoms with van der Waals surface area (Å²) in [5.41, 5.74) is 0.883. The van der Waals surface area contributed by atoms with Gasteiger partial charge in [0.1, 0.15) is 0 Å². The highest BCUT2D eigenvalue weighted by Crippen LogP contribution is 2.38. The van der Waals surface area contributed by atoms with Crippen LogP contribution >= 0.6 is 46.6 Å². The molecule has 0 saturated carbocycles. The van der Waals surface area contributed by atoms with E-state index in [1.807, 2.05) is 29.2 Å². The van der Waals surface area contributed by atoms with Gasteiger partial charge in [-0.05, 0) is 49.0 Å². The summed E-state index contributed by atoms with van der Waals surface area (Å²) in [6, 6.07) is 11.1. The fraction of sp³-hybridized carbons (Fsp3) is 0.250. The molecule has 0 aromatic heterocycles. The van der Waals surface area contributed by atoms with Crippen molar-refractivity contribution in [2.75, 3.05) is 33.2 Å². The lowest BCUT2D eigenvalue weighted by atomic mass is 10.2. The van der Waals surface area contributed by atoms with Crippen molar-refractivity contribution in [1.82, 2.24) is 9.80 Å². The highest BCUT2D eigenvalue weighted by atomic mass is 35.5. The van der Waals surface area contributed by atoms with Crippen molar-refractivity contribution < 1.29 is 4.79 Å². The van der Waals surface area contributed by atoms with Crippen molar-refractivity contribution in [2.45, 2.75) is 9.79 Å². The first-order valence-corrected chi connectivity index (χ1v) is 10.5. The SMILES string of the molecule is CN1CCN(C(=O)/C=C/c2ccc(Sc3ccc(Cl)cc3Cl)c(Cl)c2)CC1. The second-order valence-corrected chi connectivity index (χ2v) is 8.66. The van der Waals surface area contributed by atoms with Gasteiger partial charge in [-0.15, -0.1) is 0 Å². The smallest absolute Gasteiger partial charge is 0.246 e. The molecule has 0 atom stereocenters. The molecule has 0 radical (unpaired) electrons. The molecule has 1 aliphatic heterocycles. The summed E-state index contributed by atoms with van der Waals surface area (Å²) in [5, 5.41) is 1.80. The van der Waals surface area contributed by atoms with Gasteiger partial charge in [0.25, 0.3) is 0 Å².